The number of benzene rings is 1. The summed E-state index contributed by atoms with van der Waals surface area (Å²) in [5.41, 5.74) is 0.217. The molecule has 2 atom stereocenters. The average Bonchev–Trinajstić information content (AvgIpc) is 2.58. The number of para-hydroxylation sites is 1. The number of amides is 1. The van der Waals surface area contributed by atoms with Crippen LogP contribution >= 0.6 is 0 Å². The highest BCUT2D eigenvalue weighted by atomic mass is 19.1. The minimum absolute atomic E-state index is 0.166. The first-order valence-electron chi connectivity index (χ1n) is 8.21. The number of nitrogens with zero attached hydrogens (tertiary/aromatic N) is 2. The zero-order chi connectivity index (χ0) is 16.8. The molecule has 0 saturated carbocycles. The lowest BCUT2D eigenvalue weighted by atomic mass is 10.1. The van der Waals surface area contributed by atoms with Crippen molar-refractivity contribution in [2.45, 2.75) is 32.4 Å². The van der Waals surface area contributed by atoms with E-state index in [9.17, 15) is 14.3 Å². The van der Waals surface area contributed by atoms with E-state index >= 15 is 0 Å². The highest BCUT2D eigenvalue weighted by Gasteiger charge is 2.28. The van der Waals surface area contributed by atoms with Crippen molar-refractivity contribution in [2.24, 2.45) is 0 Å². The van der Waals surface area contributed by atoms with Gasteiger partial charge in [-0.05, 0) is 25.5 Å². The molecule has 2 N–H and O–H groups in total. The van der Waals surface area contributed by atoms with E-state index in [2.05, 4.69) is 22.0 Å². The third kappa shape index (κ3) is 4.50. The van der Waals surface area contributed by atoms with Crippen LogP contribution in [0.1, 0.15) is 20.3 Å². The highest BCUT2D eigenvalue weighted by Crippen LogP contribution is 2.15. The maximum Gasteiger partial charge on any atom is 0.241 e. The largest absolute Gasteiger partial charge is 0.395 e. The maximum absolute atomic E-state index is 13.6. The zero-order valence-corrected chi connectivity index (χ0v) is 13.8. The predicted octanol–water partition coefficient (Wildman–Crippen LogP) is 1.54. The summed E-state index contributed by atoms with van der Waals surface area (Å²) in [4.78, 5) is 16.7. The SMILES string of the molecule is CCC(CO)N1CCN(C(C)C(=O)Nc2ccccc2F)CC1. The van der Waals surface area contributed by atoms with Crippen molar-refractivity contribution in [1.29, 1.82) is 0 Å². The number of hydrogen-bond acceptors (Lipinski definition) is 4. The number of halogens is 1. The topological polar surface area (TPSA) is 55.8 Å². The van der Waals surface area contributed by atoms with E-state index in [1.54, 1.807) is 18.2 Å². The van der Waals surface area contributed by atoms with Crippen LogP contribution in [0.2, 0.25) is 0 Å². The molecular weight excluding hydrogens is 297 g/mol. The van der Waals surface area contributed by atoms with E-state index in [0.29, 0.717) is 0 Å². The van der Waals surface area contributed by atoms with Crippen LogP contribution in [-0.4, -0.2) is 65.7 Å². The number of anilines is 1. The Morgan fingerprint density at radius 1 is 1.26 bits per heavy atom. The summed E-state index contributed by atoms with van der Waals surface area (Å²) < 4.78 is 13.6. The molecule has 1 aromatic carbocycles. The van der Waals surface area contributed by atoms with Crippen molar-refractivity contribution in [3.63, 3.8) is 0 Å². The third-order valence-electron chi connectivity index (χ3n) is 4.61. The molecule has 0 aliphatic carbocycles. The number of aliphatic hydroxyl groups is 1. The van der Waals surface area contributed by atoms with E-state index < -0.39 is 5.82 Å². The molecule has 1 aliphatic heterocycles. The number of piperazine rings is 1. The van der Waals surface area contributed by atoms with Crippen LogP contribution in [0.5, 0.6) is 0 Å². The smallest absolute Gasteiger partial charge is 0.241 e. The first-order valence-corrected chi connectivity index (χ1v) is 8.21. The molecule has 1 heterocycles. The summed E-state index contributed by atoms with van der Waals surface area (Å²) in [6, 6.07) is 6.07. The Bertz CT molecular complexity index is 514. The van der Waals surface area contributed by atoms with Gasteiger partial charge in [0.1, 0.15) is 5.82 Å². The van der Waals surface area contributed by atoms with Gasteiger partial charge in [0.2, 0.25) is 5.91 Å². The van der Waals surface area contributed by atoms with Gasteiger partial charge in [-0.15, -0.1) is 0 Å². The van der Waals surface area contributed by atoms with Gasteiger partial charge in [-0.3, -0.25) is 14.6 Å². The molecule has 1 aliphatic rings. The molecule has 2 unspecified atom stereocenters. The number of nitrogens with one attached hydrogen (secondary N) is 1. The summed E-state index contributed by atoms with van der Waals surface area (Å²) in [6.07, 6.45) is 0.916. The number of carbonyl (C=O) groups is 1. The Hall–Kier alpha value is -1.50. The van der Waals surface area contributed by atoms with Crippen LogP contribution in [-0.2, 0) is 4.79 Å². The fourth-order valence-corrected chi connectivity index (χ4v) is 2.96. The minimum atomic E-state index is -0.424. The number of aliphatic hydroxyl groups excluding tert-OH is 1. The van der Waals surface area contributed by atoms with Crippen LogP contribution in [0.4, 0.5) is 10.1 Å². The molecule has 0 radical (unpaired) electrons. The summed E-state index contributed by atoms with van der Waals surface area (Å²) in [7, 11) is 0. The van der Waals surface area contributed by atoms with Crippen molar-refractivity contribution in [3.05, 3.63) is 30.1 Å². The standard InChI is InChI=1S/C17H26FN3O2/c1-3-14(12-22)21-10-8-20(9-11-21)13(2)17(23)19-16-7-5-4-6-15(16)18/h4-7,13-14,22H,3,8-12H2,1-2H3,(H,19,23). The Balaban J connectivity index is 1.88. The van der Waals surface area contributed by atoms with E-state index in [1.165, 1.54) is 6.07 Å². The zero-order valence-electron chi connectivity index (χ0n) is 13.8. The lowest BCUT2D eigenvalue weighted by Gasteiger charge is -2.40. The highest BCUT2D eigenvalue weighted by molar-refractivity contribution is 5.94. The monoisotopic (exact) mass is 323 g/mol. The van der Waals surface area contributed by atoms with E-state index in [0.717, 1.165) is 32.6 Å². The second-order valence-electron chi connectivity index (χ2n) is 5.96. The number of rotatable bonds is 6. The lowest BCUT2D eigenvalue weighted by molar-refractivity contribution is -0.121. The Morgan fingerprint density at radius 2 is 1.87 bits per heavy atom. The van der Waals surface area contributed by atoms with Crippen molar-refractivity contribution in [3.8, 4) is 0 Å². The van der Waals surface area contributed by atoms with Crippen LogP contribution in [0.25, 0.3) is 0 Å². The van der Waals surface area contributed by atoms with E-state index in [1.807, 2.05) is 6.92 Å². The van der Waals surface area contributed by atoms with Crippen molar-refractivity contribution >= 4 is 11.6 Å². The van der Waals surface area contributed by atoms with Gasteiger partial charge in [-0.1, -0.05) is 19.1 Å². The quantitative estimate of drug-likeness (QED) is 0.834. The van der Waals surface area contributed by atoms with Gasteiger partial charge < -0.3 is 10.4 Å². The van der Waals surface area contributed by atoms with Crippen LogP contribution in [0, 0.1) is 5.82 Å². The van der Waals surface area contributed by atoms with Gasteiger partial charge in [0.15, 0.2) is 0 Å². The van der Waals surface area contributed by atoms with Crippen molar-refractivity contribution < 1.29 is 14.3 Å². The Morgan fingerprint density at radius 3 is 2.43 bits per heavy atom. The van der Waals surface area contributed by atoms with Gasteiger partial charge >= 0.3 is 0 Å². The van der Waals surface area contributed by atoms with E-state index in [-0.39, 0.29) is 30.3 Å². The molecule has 0 aromatic heterocycles. The first kappa shape index (κ1) is 17.8. The van der Waals surface area contributed by atoms with Gasteiger partial charge in [-0.25, -0.2) is 4.39 Å². The fourth-order valence-electron chi connectivity index (χ4n) is 2.96. The fraction of sp³-hybridized carbons (Fsp3) is 0.588. The second kappa shape index (κ2) is 8.38. The summed E-state index contributed by atoms with van der Waals surface area (Å²) in [5.74, 6) is -0.621. The number of hydrogen-bond donors (Lipinski definition) is 2. The normalized spacial score (nSPS) is 19.3. The van der Waals surface area contributed by atoms with Gasteiger partial charge in [-0.2, -0.15) is 0 Å². The first-order chi connectivity index (χ1) is 11.1. The maximum atomic E-state index is 13.6. The van der Waals surface area contributed by atoms with Gasteiger partial charge in [0.05, 0.1) is 18.3 Å². The molecule has 0 bridgehead atoms. The van der Waals surface area contributed by atoms with Gasteiger partial charge in [0.25, 0.3) is 0 Å². The lowest BCUT2D eigenvalue weighted by Crippen LogP contribution is -2.55. The molecular formula is C17H26FN3O2. The average molecular weight is 323 g/mol. The molecule has 6 heteroatoms. The molecule has 1 amide bonds. The Labute approximate surface area is 137 Å². The third-order valence-corrected chi connectivity index (χ3v) is 4.61. The molecule has 5 nitrogen and oxygen atoms in total. The van der Waals surface area contributed by atoms with Crippen LogP contribution < -0.4 is 5.32 Å². The van der Waals surface area contributed by atoms with Crippen LogP contribution in [0.3, 0.4) is 0 Å². The molecule has 2 rings (SSSR count). The van der Waals surface area contributed by atoms with Crippen molar-refractivity contribution in [2.75, 3.05) is 38.1 Å². The molecule has 1 fully saturated rings. The van der Waals surface area contributed by atoms with Crippen molar-refractivity contribution in [1.82, 2.24) is 9.80 Å². The predicted molar refractivity (Wildman–Crippen MR) is 88.8 cm³/mol. The number of carbonyl (C=O) groups excluding carboxylic acids is 1. The molecule has 1 saturated heterocycles. The second-order valence-corrected chi connectivity index (χ2v) is 5.96. The molecule has 1 aromatic rings. The molecule has 23 heavy (non-hydrogen) atoms. The summed E-state index contributed by atoms with van der Waals surface area (Å²) in [6.45, 7) is 7.27. The van der Waals surface area contributed by atoms with Crippen LogP contribution in [0.15, 0.2) is 24.3 Å². The molecule has 0 spiro atoms. The summed E-state index contributed by atoms with van der Waals surface area (Å²) in [5, 5.41) is 12.0. The Kier molecular flexibility index (Phi) is 6.50. The molecule has 128 valence electrons. The van der Waals surface area contributed by atoms with E-state index in [4.69, 9.17) is 0 Å². The minimum Gasteiger partial charge on any atom is -0.395 e. The summed E-state index contributed by atoms with van der Waals surface area (Å²) >= 11 is 0. The van der Waals surface area contributed by atoms with Gasteiger partial charge in [0, 0.05) is 32.2 Å².